The number of aryl methyl sites for hydroxylation is 1. The molecule has 1 aliphatic heterocycles. The number of amides is 1. The summed E-state index contributed by atoms with van der Waals surface area (Å²) < 4.78 is 96.5. The summed E-state index contributed by atoms with van der Waals surface area (Å²) in [4.78, 5) is 18.8. The predicted octanol–water partition coefficient (Wildman–Crippen LogP) is 5.55. The number of alkyl halides is 3. The van der Waals surface area contributed by atoms with E-state index in [0.29, 0.717) is 28.1 Å². The van der Waals surface area contributed by atoms with E-state index in [1.165, 1.54) is 20.2 Å². The van der Waals surface area contributed by atoms with Gasteiger partial charge in [-0.2, -0.15) is 19.0 Å². The second kappa shape index (κ2) is 15.0. The summed E-state index contributed by atoms with van der Waals surface area (Å²) in [6, 6.07) is 8.15. The van der Waals surface area contributed by atoms with E-state index in [2.05, 4.69) is 32.1 Å². The van der Waals surface area contributed by atoms with E-state index in [-0.39, 0.29) is 71.5 Å². The molecule has 0 radical (unpaired) electrons. The van der Waals surface area contributed by atoms with Crippen LogP contribution in [-0.4, -0.2) is 64.8 Å². The summed E-state index contributed by atoms with van der Waals surface area (Å²) >= 11 is 6.65. The molecule has 1 amide bonds. The molecule has 0 bridgehead atoms. The molecule has 56 heavy (non-hydrogen) atoms. The first kappa shape index (κ1) is 40.2. The molecule has 4 heterocycles. The first-order chi connectivity index (χ1) is 26.3. The lowest BCUT2D eigenvalue weighted by Gasteiger charge is -2.30. The van der Waals surface area contributed by atoms with Crippen LogP contribution >= 0.6 is 30.1 Å². The summed E-state index contributed by atoms with van der Waals surface area (Å²) in [6.45, 7) is -0.737. The highest BCUT2D eigenvalue weighted by molar-refractivity contribution is 7.85. The molecule has 1 fully saturated rings. The molecule has 0 spiro atoms. The van der Waals surface area contributed by atoms with Crippen LogP contribution in [0.15, 0.2) is 42.5 Å². The molecule has 2 aliphatic rings. The van der Waals surface area contributed by atoms with Crippen molar-refractivity contribution < 1.29 is 40.8 Å². The third-order valence-electron chi connectivity index (χ3n) is 9.32. The fourth-order valence-corrected chi connectivity index (χ4v) is 8.31. The van der Waals surface area contributed by atoms with Crippen LogP contribution < -0.4 is 10.0 Å². The van der Waals surface area contributed by atoms with E-state index >= 15 is 4.39 Å². The highest BCUT2D eigenvalue weighted by Gasteiger charge is 2.45. The highest BCUT2D eigenvalue weighted by atomic mass is 35.5. The van der Waals surface area contributed by atoms with E-state index in [1.807, 2.05) is 9.24 Å². The van der Waals surface area contributed by atoms with Gasteiger partial charge in [0.15, 0.2) is 16.8 Å². The Morgan fingerprint density at radius 1 is 1.16 bits per heavy atom. The number of carbonyl (C=O) groups excluding carboxylic acids is 1. The number of anilines is 1. The molecule has 11 nitrogen and oxygen atoms in total. The molecule has 20 heteroatoms. The number of pyridine rings is 1. The molecule has 7 rings (SSSR count). The van der Waals surface area contributed by atoms with E-state index < -0.39 is 63.5 Å². The maximum atomic E-state index is 15.7. The predicted molar refractivity (Wildman–Crippen MR) is 207 cm³/mol. The maximum absolute atomic E-state index is 15.7. The molecule has 5 aromatic rings. The van der Waals surface area contributed by atoms with E-state index in [9.17, 15) is 31.7 Å². The summed E-state index contributed by atoms with van der Waals surface area (Å²) in [6.07, 6.45) is 1.03. The molecule has 1 saturated heterocycles. The second-order valence-electron chi connectivity index (χ2n) is 13.7. The maximum Gasteiger partial charge on any atom is 0.302 e. The third-order valence-corrected chi connectivity index (χ3v) is 10.9. The Hall–Kier alpha value is -4.03. The van der Waals surface area contributed by atoms with Crippen LogP contribution in [-0.2, 0) is 58.0 Å². The van der Waals surface area contributed by atoms with Gasteiger partial charge in [-0.15, -0.1) is 0 Å². The van der Waals surface area contributed by atoms with Gasteiger partial charge in [-0.25, -0.2) is 22.4 Å². The largest absolute Gasteiger partial charge is 0.373 e. The van der Waals surface area contributed by atoms with Crippen molar-refractivity contribution in [1.82, 2.24) is 29.9 Å². The number of ether oxygens (including phenoxy) is 1. The smallest absolute Gasteiger partial charge is 0.302 e. The molecule has 3 aromatic heterocycles. The number of hydrogen-bond donors (Lipinski definition) is 3. The highest BCUT2D eigenvalue weighted by Crippen LogP contribution is 2.50. The Labute approximate surface area is 329 Å². The Bertz CT molecular complexity index is 2480. The van der Waals surface area contributed by atoms with Crippen molar-refractivity contribution in [2.45, 2.75) is 48.5 Å². The number of halogens is 6. The lowest BCUT2D eigenvalue weighted by molar-refractivity contribution is -0.140. The second-order valence-corrected chi connectivity index (χ2v) is 16.8. The quantitative estimate of drug-likeness (QED) is 0.0954. The number of nitrogens with one attached hydrogen (secondary N) is 2. The fourth-order valence-electron chi connectivity index (χ4n) is 6.95. The van der Waals surface area contributed by atoms with Gasteiger partial charge >= 0.3 is 5.66 Å². The van der Waals surface area contributed by atoms with Gasteiger partial charge in [0.1, 0.15) is 40.6 Å². The standard InChI is InChI=1S/C36H33ClF5N7O4P2S/c1-48-30-23(5-6-25(37)28(30)33(46-48)47-56(2)52)22-4-3-21(7-9-34(51)16-53-17-34)43-29(22)26(13-18-11-19(38)14-20(39)12-18)44-27(50)15-49-32-24(8-10-35(32,40)54)31(45-49)36(41,42)55/h3-6,11-12,14,26,51H,8,10,13,15-17,54-55H2,1-2H3,(H,44,50)(H,46,47)/t26-,35?,56?/m0/s1. The van der Waals surface area contributed by atoms with Crippen molar-refractivity contribution in [3.8, 4) is 23.0 Å². The number of nitrogens with zero attached hydrogens (tertiary/aromatic N) is 5. The topological polar surface area (TPSA) is 136 Å². The number of fused-ring (bicyclic) bond motifs is 2. The summed E-state index contributed by atoms with van der Waals surface area (Å²) in [5.41, 5.74) is -4.02. The van der Waals surface area contributed by atoms with Crippen molar-refractivity contribution >= 4 is 63.7 Å². The van der Waals surface area contributed by atoms with Crippen molar-refractivity contribution in [1.29, 1.82) is 0 Å². The molecule has 0 saturated carbocycles. The van der Waals surface area contributed by atoms with Gasteiger partial charge in [0.2, 0.25) is 5.91 Å². The van der Waals surface area contributed by atoms with Crippen molar-refractivity contribution in [3.63, 3.8) is 0 Å². The molecule has 2 aromatic carbocycles. The van der Waals surface area contributed by atoms with Gasteiger partial charge in [0, 0.05) is 36.1 Å². The van der Waals surface area contributed by atoms with Crippen LogP contribution in [0.25, 0.3) is 22.0 Å². The summed E-state index contributed by atoms with van der Waals surface area (Å²) in [5, 5.41) is 20.4. The average molecular weight is 852 g/mol. The summed E-state index contributed by atoms with van der Waals surface area (Å²) in [5.74, 6) is 3.23. The zero-order valence-electron chi connectivity index (χ0n) is 29.6. The number of aliphatic hydroxyl groups is 1. The van der Waals surface area contributed by atoms with Crippen LogP contribution in [0, 0.1) is 23.5 Å². The van der Waals surface area contributed by atoms with Gasteiger partial charge in [-0.3, -0.25) is 18.9 Å². The molecule has 294 valence electrons. The molecule has 1 aliphatic carbocycles. The summed E-state index contributed by atoms with van der Waals surface area (Å²) in [7, 11) is 3.51. The SMILES string of the molecule is Cn1nc(NS(C)=O)c2c(Cl)ccc(-c3ccc(C#CC4(O)COC4)nc3[C@H](Cc3cc(F)cc(F)c3)NC(=O)Cn3nc(C(F)(F)P)c4c3C(F)(P)CC4)c21. The minimum Gasteiger partial charge on any atom is -0.373 e. The Balaban J connectivity index is 1.38. The fraction of sp³-hybridized carbons (Fsp3) is 0.333. The van der Waals surface area contributed by atoms with Gasteiger partial charge in [0.25, 0.3) is 0 Å². The van der Waals surface area contributed by atoms with Crippen LogP contribution in [0.4, 0.5) is 27.8 Å². The Morgan fingerprint density at radius 3 is 2.50 bits per heavy atom. The van der Waals surface area contributed by atoms with Crippen molar-refractivity contribution in [3.05, 3.63) is 93.0 Å². The van der Waals surface area contributed by atoms with Crippen molar-refractivity contribution in [2.75, 3.05) is 24.2 Å². The van der Waals surface area contributed by atoms with Gasteiger partial charge < -0.3 is 15.2 Å². The Morgan fingerprint density at radius 2 is 1.86 bits per heavy atom. The minimum atomic E-state index is -3.50. The zero-order chi connectivity index (χ0) is 40.3. The minimum absolute atomic E-state index is 0.000435. The first-order valence-corrected chi connectivity index (χ1v) is 20.0. The molecule has 4 unspecified atom stereocenters. The zero-order valence-corrected chi connectivity index (χ0v) is 33.5. The number of carbonyl (C=O) groups is 1. The van der Waals surface area contributed by atoms with Crippen LogP contribution in [0.1, 0.15) is 46.4 Å². The molecule has 3 N–H and O–H groups in total. The molecular weight excluding hydrogens is 819 g/mol. The number of benzene rings is 2. The van der Waals surface area contributed by atoms with Crippen LogP contribution in [0.5, 0.6) is 0 Å². The molecular formula is C36H33ClF5N7O4P2S. The number of aromatic nitrogens is 5. The normalized spacial score (nSPS) is 18.5. The van der Waals surface area contributed by atoms with Gasteiger partial charge in [0.05, 0.1) is 46.6 Å². The lowest BCUT2D eigenvalue weighted by Crippen LogP contribution is -2.48. The first-order valence-electron chi connectivity index (χ1n) is 16.9. The van der Waals surface area contributed by atoms with Crippen LogP contribution in [0.3, 0.4) is 0 Å². The van der Waals surface area contributed by atoms with Crippen molar-refractivity contribution in [2.24, 2.45) is 7.05 Å². The third kappa shape index (κ3) is 8.05. The average Bonchev–Trinajstić information content (AvgIpc) is 3.73. The number of hydrogen-bond acceptors (Lipinski definition) is 7. The van der Waals surface area contributed by atoms with Crippen LogP contribution in [0.2, 0.25) is 5.02 Å². The van der Waals surface area contributed by atoms with Gasteiger partial charge in [-0.05, 0) is 61.1 Å². The van der Waals surface area contributed by atoms with E-state index in [0.717, 1.165) is 16.8 Å². The number of rotatable bonds is 10. The molecule has 5 atom stereocenters. The van der Waals surface area contributed by atoms with E-state index in [1.54, 1.807) is 31.3 Å². The Kier molecular flexibility index (Phi) is 10.8. The van der Waals surface area contributed by atoms with Gasteiger partial charge in [-0.1, -0.05) is 42.1 Å². The lowest BCUT2D eigenvalue weighted by atomic mass is 9.93. The van der Waals surface area contributed by atoms with E-state index in [4.69, 9.17) is 21.3 Å². The monoisotopic (exact) mass is 851 g/mol.